The zero-order valence-corrected chi connectivity index (χ0v) is 18.0. The van der Waals surface area contributed by atoms with Crippen LogP contribution < -0.4 is 11.1 Å². The van der Waals surface area contributed by atoms with Gasteiger partial charge in [0.25, 0.3) is 0 Å². The maximum atomic E-state index is 13.2. The van der Waals surface area contributed by atoms with Gasteiger partial charge in [-0.2, -0.15) is 5.10 Å². The fourth-order valence-electron chi connectivity index (χ4n) is 3.31. The Morgan fingerprint density at radius 1 is 1.33 bits per heavy atom. The number of fused-ring (bicyclic) bond motifs is 1. The Hall–Kier alpha value is -3.55. The molecule has 0 radical (unpaired) electrons. The first-order chi connectivity index (χ1) is 14.0. The number of ether oxygens (including phenoxy) is 1. The SMILES string of the molecule is C=CNc1c(C(=N)N)c(-c2cc3ccccc3n2C(=O)OC(C)(C)C)nn1C(C)C. The van der Waals surface area contributed by atoms with E-state index >= 15 is 0 Å². The number of benzene rings is 1. The Morgan fingerprint density at radius 2 is 2.00 bits per heavy atom. The zero-order chi connectivity index (χ0) is 22.2. The number of carbonyl (C=O) groups excluding carboxylic acids is 1. The Kier molecular flexibility index (Phi) is 5.43. The van der Waals surface area contributed by atoms with Crippen molar-refractivity contribution < 1.29 is 9.53 Å². The molecule has 0 aliphatic rings. The minimum absolute atomic E-state index is 0.0151. The van der Waals surface area contributed by atoms with Crippen molar-refractivity contribution in [2.24, 2.45) is 5.73 Å². The Balaban J connectivity index is 2.36. The average Bonchev–Trinajstić information content (AvgIpc) is 3.19. The van der Waals surface area contributed by atoms with Gasteiger partial charge in [0.1, 0.15) is 22.9 Å². The third-order valence-electron chi connectivity index (χ3n) is 4.44. The molecule has 8 nitrogen and oxygen atoms in total. The first kappa shape index (κ1) is 21.2. The van der Waals surface area contributed by atoms with Crippen LogP contribution in [0.2, 0.25) is 0 Å². The molecular formula is C22H28N6O2. The van der Waals surface area contributed by atoms with E-state index in [-0.39, 0.29) is 11.9 Å². The predicted octanol–water partition coefficient (Wildman–Crippen LogP) is 4.71. The summed E-state index contributed by atoms with van der Waals surface area (Å²) in [5.74, 6) is 0.380. The van der Waals surface area contributed by atoms with Crippen molar-refractivity contribution in [2.45, 2.75) is 46.3 Å². The van der Waals surface area contributed by atoms with Gasteiger partial charge in [-0.3, -0.25) is 5.41 Å². The molecule has 0 atom stereocenters. The standard InChI is InChI=1S/C22H28N6O2/c1-7-25-20-17(19(23)24)18(26-28(20)13(2)3)16-12-14-10-8-9-11-15(14)27(16)21(29)30-22(4,5)6/h7-13,25H,1H2,2-6H3,(H3,23,24). The van der Waals surface area contributed by atoms with Gasteiger partial charge >= 0.3 is 6.09 Å². The van der Waals surface area contributed by atoms with E-state index < -0.39 is 11.7 Å². The van der Waals surface area contributed by atoms with Crippen LogP contribution in [0.1, 0.15) is 46.2 Å². The molecule has 0 aliphatic heterocycles. The monoisotopic (exact) mass is 408 g/mol. The van der Waals surface area contributed by atoms with Gasteiger partial charge in [0.05, 0.1) is 16.8 Å². The van der Waals surface area contributed by atoms with Crippen molar-refractivity contribution in [2.75, 3.05) is 5.32 Å². The number of aromatic nitrogens is 3. The second kappa shape index (κ2) is 7.70. The molecule has 0 saturated carbocycles. The number of nitrogens with zero attached hydrogens (tertiary/aromatic N) is 3. The lowest BCUT2D eigenvalue weighted by Gasteiger charge is -2.20. The smallest absolute Gasteiger partial charge is 0.419 e. The molecule has 3 aromatic rings. The molecule has 1 aromatic carbocycles. The maximum Gasteiger partial charge on any atom is 0.419 e. The highest BCUT2D eigenvalue weighted by Crippen LogP contribution is 2.35. The number of hydrogen-bond donors (Lipinski definition) is 3. The molecule has 0 aliphatic carbocycles. The van der Waals surface area contributed by atoms with Crippen molar-refractivity contribution in [3.63, 3.8) is 0 Å². The molecule has 0 unspecified atom stereocenters. The van der Waals surface area contributed by atoms with Gasteiger partial charge in [0.15, 0.2) is 0 Å². The second-order valence-electron chi connectivity index (χ2n) is 8.28. The zero-order valence-electron chi connectivity index (χ0n) is 18.0. The third kappa shape index (κ3) is 3.80. The molecule has 2 heterocycles. The molecule has 0 spiro atoms. The first-order valence-corrected chi connectivity index (χ1v) is 9.73. The molecule has 3 rings (SSSR count). The number of nitrogen functional groups attached to an aromatic ring is 1. The second-order valence-corrected chi connectivity index (χ2v) is 8.28. The highest BCUT2D eigenvalue weighted by molar-refractivity contribution is 6.07. The summed E-state index contributed by atoms with van der Waals surface area (Å²) in [7, 11) is 0. The van der Waals surface area contributed by atoms with E-state index in [1.165, 1.54) is 10.8 Å². The first-order valence-electron chi connectivity index (χ1n) is 9.73. The minimum Gasteiger partial charge on any atom is -0.443 e. The van der Waals surface area contributed by atoms with Gasteiger partial charge in [0, 0.05) is 11.4 Å². The number of nitrogens with one attached hydrogen (secondary N) is 2. The van der Waals surface area contributed by atoms with Gasteiger partial charge in [-0.15, -0.1) is 0 Å². The number of carbonyl (C=O) groups is 1. The lowest BCUT2D eigenvalue weighted by atomic mass is 10.1. The summed E-state index contributed by atoms with van der Waals surface area (Å²) in [4.78, 5) is 13.2. The highest BCUT2D eigenvalue weighted by Gasteiger charge is 2.28. The predicted molar refractivity (Wildman–Crippen MR) is 120 cm³/mol. The molecule has 30 heavy (non-hydrogen) atoms. The van der Waals surface area contributed by atoms with E-state index in [2.05, 4.69) is 11.9 Å². The topological polar surface area (TPSA) is 111 Å². The Labute approximate surface area is 175 Å². The fraction of sp³-hybridized carbons (Fsp3) is 0.318. The number of hydrogen-bond acceptors (Lipinski definition) is 5. The van der Waals surface area contributed by atoms with Crippen molar-refractivity contribution in [1.29, 1.82) is 5.41 Å². The van der Waals surface area contributed by atoms with Gasteiger partial charge in [0.2, 0.25) is 0 Å². The van der Waals surface area contributed by atoms with E-state index in [1.807, 2.05) is 65.0 Å². The van der Waals surface area contributed by atoms with E-state index in [0.29, 0.717) is 28.3 Å². The van der Waals surface area contributed by atoms with E-state index in [4.69, 9.17) is 21.0 Å². The number of anilines is 1. The Morgan fingerprint density at radius 3 is 2.57 bits per heavy atom. The molecule has 0 amide bonds. The van der Waals surface area contributed by atoms with Gasteiger partial charge < -0.3 is 15.8 Å². The molecule has 8 heteroatoms. The summed E-state index contributed by atoms with van der Waals surface area (Å²) < 4.78 is 8.87. The average molecular weight is 409 g/mol. The normalized spacial score (nSPS) is 11.7. The molecular weight excluding hydrogens is 380 g/mol. The number of amidine groups is 1. The van der Waals surface area contributed by atoms with Gasteiger partial charge in [-0.1, -0.05) is 24.8 Å². The molecule has 0 fully saturated rings. The molecule has 0 bridgehead atoms. The van der Waals surface area contributed by atoms with Gasteiger partial charge in [-0.05, 0) is 53.0 Å². The maximum absolute atomic E-state index is 13.2. The summed E-state index contributed by atoms with van der Waals surface area (Å²) in [6.07, 6.45) is 0.987. The summed E-state index contributed by atoms with van der Waals surface area (Å²) in [6, 6.07) is 9.36. The lowest BCUT2D eigenvalue weighted by Crippen LogP contribution is -2.27. The minimum atomic E-state index is -0.671. The summed E-state index contributed by atoms with van der Waals surface area (Å²) >= 11 is 0. The number of nitrogens with two attached hydrogens (primary N) is 1. The van der Waals surface area contributed by atoms with E-state index in [0.717, 1.165) is 5.39 Å². The van der Waals surface area contributed by atoms with Crippen molar-refractivity contribution in [3.8, 4) is 11.4 Å². The van der Waals surface area contributed by atoms with Gasteiger partial charge in [-0.25, -0.2) is 14.0 Å². The number of para-hydroxylation sites is 1. The van der Waals surface area contributed by atoms with Crippen LogP contribution in [0.15, 0.2) is 43.1 Å². The van der Waals surface area contributed by atoms with Crippen molar-refractivity contribution >= 4 is 28.6 Å². The molecule has 0 saturated heterocycles. The molecule has 158 valence electrons. The molecule has 2 aromatic heterocycles. The van der Waals surface area contributed by atoms with E-state index in [9.17, 15) is 4.79 Å². The van der Waals surface area contributed by atoms with Crippen LogP contribution in [0.4, 0.5) is 10.6 Å². The quantitative estimate of drug-likeness (QED) is 0.418. The Bertz CT molecular complexity index is 1130. The largest absolute Gasteiger partial charge is 0.443 e. The van der Waals surface area contributed by atoms with Crippen LogP contribution in [-0.2, 0) is 4.74 Å². The third-order valence-corrected chi connectivity index (χ3v) is 4.44. The summed E-state index contributed by atoms with van der Waals surface area (Å²) in [5.41, 5.74) is 7.29. The lowest BCUT2D eigenvalue weighted by molar-refractivity contribution is 0.0547. The van der Waals surface area contributed by atoms with E-state index in [1.54, 1.807) is 4.68 Å². The summed E-state index contributed by atoms with van der Waals surface area (Å²) in [6.45, 7) is 13.1. The van der Waals surface area contributed by atoms with Crippen LogP contribution in [0.25, 0.3) is 22.3 Å². The molecule has 4 N–H and O–H groups in total. The van der Waals surface area contributed by atoms with Crippen molar-refractivity contribution in [3.05, 3.63) is 48.7 Å². The van der Waals surface area contributed by atoms with Crippen LogP contribution in [0, 0.1) is 5.41 Å². The van der Waals surface area contributed by atoms with Crippen LogP contribution in [-0.4, -0.2) is 31.9 Å². The summed E-state index contributed by atoms with van der Waals surface area (Å²) in [5, 5.41) is 16.8. The van der Waals surface area contributed by atoms with Crippen molar-refractivity contribution in [1.82, 2.24) is 14.3 Å². The highest BCUT2D eigenvalue weighted by atomic mass is 16.6. The van der Waals surface area contributed by atoms with Crippen LogP contribution in [0.5, 0.6) is 0 Å². The van der Waals surface area contributed by atoms with Crippen LogP contribution >= 0.6 is 0 Å². The van der Waals surface area contributed by atoms with Crippen LogP contribution in [0.3, 0.4) is 0 Å². The fourth-order valence-corrected chi connectivity index (χ4v) is 3.31. The number of rotatable bonds is 5.